The average molecular weight is 434 g/mol. The number of pyridine rings is 1. The fraction of sp³-hybridized carbons (Fsp3) is 0.233. The Bertz CT molecular complexity index is 1490. The third-order valence-corrected chi connectivity index (χ3v) is 6.59. The van der Waals surface area contributed by atoms with Gasteiger partial charge in [0.15, 0.2) is 0 Å². The van der Waals surface area contributed by atoms with Crippen LogP contribution in [0.2, 0.25) is 0 Å². The number of allylic oxidation sites excluding steroid dienone is 2. The van der Waals surface area contributed by atoms with Gasteiger partial charge in [0.2, 0.25) is 5.71 Å². The SMILES string of the molecule is Cc1cc2c(C3=CC4C=CC=CC4O3)cc(-c3cc(C(C)(C)C)c4ccccc4c3)nc2o1. The van der Waals surface area contributed by atoms with Crippen LogP contribution in [0, 0.1) is 12.8 Å². The number of fused-ring (bicyclic) bond motifs is 3. The molecule has 0 saturated carbocycles. The first-order chi connectivity index (χ1) is 15.9. The van der Waals surface area contributed by atoms with E-state index in [4.69, 9.17) is 14.1 Å². The van der Waals surface area contributed by atoms with Crippen LogP contribution < -0.4 is 0 Å². The van der Waals surface area contributed by atoms with Crippen molar-refractivity contribution in [1.82, 2.24) is 4.98 Å². The fourth-order valence-corrected chi connectivity index (χ4v) is 4.95. The minimum atomic E-state index is 0.00920. The summed E-state index contributed by atoms with van der Waals surface area (Å²) in [6.07, 6.45) is 10.7. The lowest BCUT2D eigenvalue weighted by Gasteiger charge is -2.23. The van der Waals surface area contributed by atoms with Gasteiger partial charge < -0.3 is 9.15 Å². The van der Waals surface area contributed by atoms with E-state index in [1.54, 1.807) is 0 Å². The van der Waals surface area contributed by atoms with Crippen molar-refractivity contribution in [2.45, 2.75) is 39.2 Å². The zero-order valence-corrected chi connectivity index (χ0v) is 19.4. The molecule has 0 fully saturated rings. The van der Waals surface area contributed by atoms with Gasteiger partial charge in [0.1, 0.15) is 17.6 Å². The van der Waals surface area contributed by atoms with Gasteiger partial charge in [-0.25, -0.2) is 4.98 Å². The highest BCUT2D eigenvalue weighted by Gasteiger charge is 2.29. The summed E-state index contributed by atoms with van der Waals surface area (Å²) >= 11 is 0. The van der Waals surface area contributed by atoms with E-state index in [9.17, 15) is 0 Å². The molecule has 1 aliphatic carbocycles. The van der Waals surface area contributed by atoms with Crippen LogP contribution in [0.15, 0.2) is 83.3 Å². The first kappa shape index (κ1) is 20.0. The van der Waals surface area contributed by atoms with E-state index >= 15 is 0 Å². The van der Waals surface area contributed by atoms with Gasteiger partial charge in [-0.1, -0.05) is 63.3 Å². The number of hydrogen-bond donors (Lipinski definition) is 0. The first-order valence-electron chi connectivity index (χ1n) is 11.6. The first-order valence-corrected chi connectivity index (χ1v) is 11.6. The summed E-state index contributed by atoms with van der Waals surface area (Å²) in [5, 5.41) is 3.50. The van der Waals surface area contributed by atoms with Gasteiger partial charge in [0.05, 0.1) is 11.1 Å². The molecule has 164 valence electrons. The van der Waals surface area contributed by atoms with Gasteiger partial charge >= 0.3 is 0 Å². The van der Waals surface area contributed by atoms with Crippen LogP contribution in [0.5, 0.6) is 0 Å². The van der Waals surface area contributed by atoms with Crippen molar-refractivity contribution in [3.8, 4) is 11.3 Å². The van der Waals surface area contributed by atoms with E-state index in [0.717, 1.165) is 33.7 Å². The van der Waals surface area contributed by atoms with Crippen molar-refractivity contribution in [3.63, 3.8) is 0 Å². The van der Waals surface area contributed by atoms with E-state index in [1.807, 2.05) is 6.92 Å². The maximum absolute atomic E-state index is 6.36. The Morgan fingerprint density at radius 1 is 0.909 bits per heavy atom. The van der Waals surface area contributed by atoms with Crippen LogP contribution in [0.1, 0.15) is 37.7 Å². The van der Waals surface area contributed by atoms with E-state index in [0.29, 0.717) is 5.71 Å². The van der Waals surface area contributed by atoms with Crippen LogP contribution in [-0.2, 0) is 10.2 Å². The molecule has 0 spiro atoms. The standard InChI is InChI=1S/C30H27NO2/c1-18-13-24-23(28-16-20-10-6-8-12-27(20)33-28)17-26(31-29(24)32-18)21-14-19-9-5-7-11-22(19)25(15-21)30(2,3)4/h5-17,20,27H,1-4H3. The second-order valence-electron chi connectivity index (χ2n) is 10.1. The topological polar surface area (TPSA) is 35.3 Å². The van der Waals surface area contributed by atoms with Crippen molar-refractivity contribution in [2.24, 2.45) is 5.92 Å². The third kappa shape index (κ3) is 3.39. The Morgan fingerprint density at radius 3 is 2.55 bits per heavy atom. The minimum absolute atomic E-state index is 0.00920. The van der Waals surface area contributed by atoms with Gasteiger partial charge in [-0.3, -0.25) is 0 Å². The van der Waals surface area contributed by atoms with Crippen molar-refractivity contribution in [3.05, 3.63) is 95.8 Å². The quantitative estimate of drug-likeness (QED) is 0.324. The number of hydrogen-bond acceptors (Lipinski definition) is 3. The molecule has 1 aliphatic heterocycles. The normalized spacial score (nSPS) is 19.7. The Morgan fingerprint density at radius 2 is 1.73 bits per heavy atom. The van der Waals surface area contributed by atoms with Crippen molar-refractivity contribution in [2.75, 3.05) is 0 Å². The Balaban J connectivity index is 1.57. The molecule has 0 bridgehead atoms. The van der Waals surface area contributed by atoms with E-state index < -0.39 is 0 Å². The van der Waals surface area contributed by atoms with Gasteiger partial charge in [-0.2, -0.15) is 0 Å². The third-order valence-electron chi connectivity index (χ3n) is 6.59. The zero-order chi connectivity index (χ0) is 22.7. The highest BCUT2D eigenvalue weighted by atomic mass is 16.5. The number of aryl methyl sites for hydroxylation is 1. The number of aromatic nitrogens is 1. The predicted octanol–water partition coefficient (Wildman–Crippen LogP) is 7.74. The number of nitrogens with zero attached hydrogens (tertiary/aromatic N) is 1. The number of benzene rings is 2. The van der Waals surface area contributed by atoms with Crippen molar-refractivity contribution in [1.29, 1.82) is 0 Å². The lowest BCUT2D eigenvalue weighted by molar-refractivity contribution is 0.213. The van der Waals surface area contributed by atoms with Crippen LogP contribution >= 0.6 is 0 Å². The lowest BCUT2D eigenvalue weighted by Crippen LogP contribution is -2.13. The van der Waals surface area contributed by atoms with Crippen molar-refractivity contribution >= 4 is 27.6 Å². The average Bonchev–Trinajstić information content (AvgIpc) is 3.39. The molecule has 2 aromatic heterocycles. The Labute approximate surface area is 194 Å². The minimum Gasteiger partial charge on any atom is -0.485 e. The Kier molecular flexibility index (Phi) is 4.38. The molecule has 0 radical (unpaired) electrons. The molecule has 33 heavy (non-hydrogen) atoms. The molecule has 6 rings (SSSR count). The molecule has 2 aliphatic rings. The van der Waals surface area contributed by atoms with E-state index in [-0.39, 0.29) is 17.4 Å². The maximum Gasteiger partial charge on any atom is 0.227 e. The summed E-state index contributed by atoms with van der Waals surface area (Å²) in [7, 11) is 0. The van der Waals surface area contributed by atoms with Crippen LogP contribution in [0.3, 0.4) is 0 Å². The van der Waals surface area contributed by atoms with Crippen molar-refractivity contribution < 1.29 is 9.15 Å². The lowest BCUT2D eigenvalue weighted by atomic mass is 9.82. The summed E-state index contributed by atoms with van der Waals surface area (Å²) < 4.78 is 12.4. The van der Waals surface area contributed by atoms with Gasteiger partial charge in [-0.15, -0.1) is 0 Å². The summed E-state index contributed by atoms with van der Waals surface area (Å²) in [4.78, 5) is 4.94. The Hall–Kier alpha value is -3.59. The van der Waals surface area contributed by atoms with E-state index in [2.05, 4.69) is 99.7 Å². The molecule has 0 saturated heterocycles. The maximum atomic E-state index is 6.36. The molecule has 3 nitrogen and oxygen atoms in total. The molecule has 4 aromatic rings. The van der Waals surface area contributed by atoms with Crippen LogP contribution in [-0.4, -0.2) is 11.1 Å². The summed E-state index contributed by atoms with van der Waals surface area (Å²) in [5.74, 6) is 2.01. The van der Waals surface area contributed by atoms with Gasteiger partial charge in [0, 0.05) is 17.0 Å². The highest BCUT2D eigenvalue weighted by Crippen LogP contribution is 2.40. The number of ether oxygens (including phenoxy) is 1. The largest absolute Gasteiger partial charge is 0.485 e. The van der Waals surface area contributed by atoms with Crippen LogP contribution in [0.4, 0.5) is 0 Å². The second kappa shape index (κ2) is 7.21. The summed E-state index contributed by atoms with van der Waals surface area (Å²) in [5.41, 5.74) is 4.99. The fourth-order valence-electron chi connectivity index (χ4n) is 4.95. The van der Waals surface area contributed by atoms with Gasteiger partial charge in [0.25, 0.3) is 0 Å². The zero-order valence-electron chi connectivity index (χ0n) is 19.4. The molecule has 0 amide bonds. The molecular weight excluding hydrogens is 406 g/mol. The van der Waals surface area contributed by atoms with E-state index in [1.165, 1.54) is 16.3 Å². The van der Waals surface area contributed by atoms with Gasteiger partial charge in [-0.05, 0) is 65.1 Å². The molecular formula is C30H27NO2. The molecule has 2 atom stereocenters. The second-order valence-corrected chi connectivity index (χ2v) is 10.1. The summed E-state index contributed by atoms with van der Waals surface area (Å²) in [6.45, 7) is 8.75. The monoisotopic (exact) mass is 433 g/mol. The number of furan rings is 1. The smallest absolute Gasteiger partial charge is 0.227 e. The highest BCUT2D eigenvalue weighted by molar-refractivity contribution is 5.94. The summed E-state index contributed by atoms with van der Waals surface area (Å²) in [6, 6.07) is 17.3. The molecule has 2 unspecified atom stereocenters. The van der Waals surface area contributed by atoms with Crippen LogP contribution in [0.25, 0.3) is 38.9 Å². The number of rotatable bonds is 2. The molecule has 3 heteroatoms. The molecule has 2 aromatic carbocycles. The predicted molar refractivity (Wildman–Crippen MR) is 135 cm³/mol. The molecule has 3 heterocycles. The molecule has 0 N–H and O–H groups in total.